The predicted molar refractivity (Wildman–Crippen MR) is 110 cm³/mol. The Labute approximate surface area is 167 Å². The quantitative estimate of drug-likeness (QED) is 0.619. The smallest absolute Gasteiger partial charge is 0.226 e. The Hall–Kier alpha value is -2.57. The molecule has 0 spiro atoms. The molecule has 0 saturated carbocycles. The van der Waals surface area contributed by atoms with Gasteiger partial charge in [-0.3, -0.25) is 4.79 Å². The number of hydrogen-bond acceptors (Lipinski definition) is 6. The van der Waals surface area contributed by atoms with Gasteiger partial charge in [-0.25, -0.2) is 4.98 Å². The van der Waals surface area contributed by atoms with Crippen LogP contribution in [0.15, 0.2) is 53.9 Å². The number of methoxy groups -OCH3 is 2. The van der Waals surface area contributed by atoms with Crippen LogP contribution in [0.2, 0.25) is 0 Å². The fourth-order valence-corrected chi connectivity index (χ4v) is 2.98. The summed E-state index contributed by atoms with van der Waals surface area (Å²) in [4.78, 5) is 14.7. The van der Waals surface area contributed by atoms with Crippen molar-refractivity contribution in [2.45, 2.75) is 12.8 Å². The molecule has 3 rings (SSSR count). The number of hydrogen-bond donors (Lipinski definition) is 1. The first kappa shape index (κ1) is 20.7. The number of carbonyl (C=O) groups is 1. The zero-order valence-corrected chi connectivity index (χ0v) is 16.7. The first-order valence-electron chi connectivity index (χ1n) is 8.14. The molecule has 0 aliphatic rings. The third kappa shape index (κ3) is 7.29. The third-order valence-corrected chi connectivity index (χ3v) is 4.47. The lowest BCUT2D eigenvalue weighted by Gasteiger charge is -2.01. The van der Waals surface area contributed by atoms with E-state index in [0.29, 0.717) is 5.13 Å². The van der Waals surface area contributed by atoms with Crippen LogP contribution in [0.5, 0.6) is 11.5 Å². The van der Waals surface area contributed by atoms with Crippen molar-refractivity contribution < 1.29 is 14.3 Å². The van der Waals surface area contributed by atoms with Gasteiger partial charge >= 0.3 is 0 Å². The molecule has 3 aromatic rings. The molecule has 0 unspecified atom stereocenters. The lowest BCUT2D eigenvalue weighted by Crippen LogP contribution is -1.92. The fraction of sp³-hybridized carbons (Fsp3) is 0.200. The minimum absolute atomic E-state index is 0.269. The highest BCUT2D eigenvalue weighted by molar-refractivity contribution is 7.13. The van der Waals surface area contributed by atoms with Crippen molar-refractivity contribution in [1.82, 2.24) is 4.98 Å². The summed E-state index contributed by atoms with van der Waals surface area (Å²) < 4.78 is 10.0. The molecule has 7 heteroatoms. The monoisotopic (exact) mass is 404 g/mol. The minimum Gasteiger partial charge on any atom is -0.497 e. The molecule has 2 N–H and O–H groups in total. The molecule has 0 atom stereocenters. The zero-order chi connectivity index (χ0) is 19.6. The van der Waals surface area contributed by atoms with Gasteiger partial charge in [-0.2, -0.15) is 0 Å². The summed E-state index contributed by atoms with van der Waals surface area (Å²) in [5.74, 6) is 1.65. The molecule has 0 bridgehead atoms. The standard InChI is InChI=1S/C11H12N2OS.C9H9ClO2/c1-14-10-4-2-8(3-5-10)6-9-7-15-11(12)13-9;1-12-8-4-2-7(3-5-8)6-9(10)11/h2-5,7H,6H2,1H3,(H2,12,13);2-5H,6H2,1H3. The van der Waals surface area contributed by atoms with Gasteiger partial charge in [-0.1, -0.05) is 24.3 Å². The Kier molecular flexibility index (Phi) is 8.10. The fourth-order valence-electron chi connectivity index (χ4n) is 2.26. The summed E-state index contributed by atoms with van der Waals surface area (Å²) in [5, 5.41) is 2.26. The molecule has 0 aliphatic heterocycles. The summed E-state index contributed by atoms with van der Waals surface area (Å²) in [6.45, 7) is 0. The number of benzene rings is 2. The second kappa shape index (κ2) is 10.5. The second-order valence-electron chi connectivity index (χ2n) is 5.58. The molecular formula is C20H21ClN2O3S. The third-order valence-electron chi connectivity index (χ3n) is 3.62. The van der Waals surface area contributed by atoms with E-state index in [1.807, 2.05) is 41.8 Å². The maximum absolute atomic E-state index is 10.5. The number of halogens is 1. The van der Waals surface area contributed by atoms with Crippen LogP contribution >= 0.6 is 22.9 Å². The van der Waals surface area contributed by atoms with Gasteiger partial charge in [0.1, 0.15) is 11.5 Å². The van der Waals surface area contributed by atoms with Crippen molar-refractivity contribution in [3.8, 4) is 11.5 Å². The average Bonchev–Trinajstić information content (AvgIpc) is 3.08. The lowest BCUT2D eigenvalue weighted by molar-refractivity contribution is -0.111. The van der Waals surface area contributed by atoms with Crippen LogP contribution in [0.4, 0.5) is 5.13 Å². The molecule has 1 aromatic heterocycles. The maximum Gasteiger partial charge on any atom is 0.226 e. The van der Waals surface area contributed by atoms with E-state index in [2.05, 4.69) is 4.98 Å². The van der Waals surface area contributed by atoms with Gasteiger partial charge in [-0.05, 0) is 47.0 Å². The summed E-state index contributed by atoms with van der Waals surface area (Å²) in [6, 6.07) is 15.2. The normalized spacial score (nSPS) is 9.89. The molecule has 1 heterocycles. The molecule has 142 valence electrons. The van der Waals surface area contributed by atoms with Gasteiger partial charge in [0.05, 0.1) is 19.9 Å². The van der Waals surface area contributed by atoms with Crippen LogP contribution in [0, 0.1) is 0 Å². The molecule has 0 fully saturated rings. The maximum atomic E-state index is 10.5. The summed E-state index contributed by atoms with van der Waals surface area (Å²) in [6.07, 6.45) is 1.09. The second-order valence-corrected chi connectivity index (χ2v) is 6.89. The Morgan fingerprint density at radius 2 is 1.52 bits per heavy atom. The minimum atomic E-state index is -0.347. The van der Waals surface area contributed by atoms with Crippen molar-refractivity contribution in [3.63, 3.8) is 0 Å². The van der Waals surface area contributed by atoms with Crippen LogP contribution in [0.25, 0.3) is 0 Å². The van der Waals surface area contributed by atoms with Gasteiger partial charge < -0.3 is 15.2 Å². The van der Waals surface area contributed by atoms with E-state index < -0.39 is 0 Å². The molecule has 0 saturated heterocycles. The summed E-state index contributed by atoms with van der Waals surface area (Å²) in [5.41, 5.74) is 8.69. The molecule has 27 heavy (non-hydrogen) atoms. The van der Waals surface area contributed by atoms with Gasteiger partial charge in [0.15, 0.2) is 5.13 Å². The zero-order valence-electron chi connectivity index (χ0n) is 15.1. The number of aromatic nitrogens is 1. The van der Waals surface area contributed by atoms with Gasteiger partial charge in [0, 0.05) is 18.2 Å². The Bertz CT molecular complexity index is 848. The van der Waals surface area contributed by atoms with E-state index in [-0.39, 0.29) is 11.7 Å². The van der Waals surface area contributed by atoms with E-state index in [4.69, 9.17) is 26.8 Å². The number of rotatable bonds is 6. The molecule has 2 aromatic carbocycles. The number of carbonyl (C=O) groups excluding carboxylic acids is 1. The van der Waals surface area contributed by atoms with E-state index in [1.165, 1.54) is 16.9 Å². The van der Waals surface area contributed by atoms with E-state index in [9.17, 15) is 4.79 Å². The SMILES string of the molecule is COc1ccc(CC(=O)Cl)cc1.COc1ccc(Cc2csc(N)n2)cc1. The van der Waals surface area contributed by atoms with E-state index >= 15 is 0 Å². The first-order valence-corrected chi connectivity index (χ1v) is 9.40. The number of ether oxygens (including phenoxy) is 2. The molecule has 0 aliphatic carbocycles. The number of nitrogens with two attached hydrogens (primary N) is 1. The van der Waals surface area contributed by atoms with Gasteiger partial charge in [-0.15, -0.1) is 11.3 Å². The molecule has 0 amide bonds. The van der Waals surface area contributed by atoms with Crippen molar-refractivity contribution in [2.24, 2.45) is 0 Å². The topological polar surface area (TPSA) is 74.4 Å². The first-order chi connectivity index (χ1) is 13.0. The van der Waals surface area contributed by atoms with Crippen LogP contribution in [0.3, 0.4) is 0 Å². The molecular weight excluding hydrogens is 384 g/mol. The highest BCUT2D eigenvalue weighted by atomic mass is 35.5. The van der Waals surface area contributed by atoms with Crippen molar-refractivity contribution >= 4 is 33.3 Å². The highest BCUT2D eigenvalue weighted by Crippen LogP contribution is 2.17. The molecule has 5 nitrogen and oxygen atoms in total. The summed E-state index contributed by atoms with van der Waals surface area (Å²) in [7, 11) is 3.26. The van der Waals surface area contributed by atoms with Crippen molar-refractivity contribution in [3.05, 3.63) is 70.7 Å². The summed E-state index contributed by atoms with van der Waals surface area (Å²) >= 11 is 6.69. The van der Waals surface area contributed by atoms with Gasteiger partial charge in [0.25, 0.3) is 0 Å². The Balaban J connectivity index is 0.000000199. The average molecular weight is 405 g/mol. The Morgan fingerprint density at radius 1 is 1.00 bits per heavy atom. The van der Waals surface area contributed by atoms with Crippen LogP contribution < -0.4 is 15.2 Å². The lowest BCUT2D eigenvalue weighted by atomic mass is 10.1. The van der Waals surface area contributed by atoms with Crippen LogP contribution in [0.1, 0.15) is 16.8 Å². The van der Waals surface area contributed by atoms with Crippen LogP contribution in [-0.4, -0.2) is 24.4 Å². The number of nitrogen functional groups attached to an aromatic ring is 1. The van der Waals surface area contributed by atoms with E-state index in [0.717, 1.165) is 29.2 Å². The van der Waals surface area contributed by atoms with Crippen molar-refractivity contribution in [1.29, 1.82) is 0 Å². The van der Waals surface area contributed by atoms with E-state index in [1.54, 1.807) is 26.4 Å². The predicted octanol–water partition coefficient (Wildman–Crippen LogP) is 4.33. The van der Waals surface area contributed by atoms with Gasteiger partial charge in [0.2, 0.25) is 5.24 Å². The van der Waals surface area contributed by atoms with Crippen LogP contribution in [-0.2, 0) is 17.6 Å². The molecule has 0 radical (unpaired) electrons. The Morgan fingerprint density at radius 3 is 1.93 bits per heavy atom. The number of thiazole rings is 1. The number of nitrogens with zero attached hydrogens (tertiary/aromatic N) is 1. The highest BCUT2D eigenvalue weighted by Gasteiger charge is 2.01. The van der Waals surface area contributed by atoms with Crippen molar-refractivity contribution in [2.75, 3.05) is 20.0 Å². The largest absolute Gasteiger partial charge is 0.497 e. The number of anilines is 1.